The number of hydrogen-bond donors (Lipinski definition) is 0. The predicted molar refractivity (Wildman–Crippen MR) is 73.5 cm³/mol. The van der Waals surface area contributed by atoms with Crippen LogP contribution in [0.1, 0.15) is 26.3 Å². The number of halogens is 1. The highest BCUT2D eigenvalue weighted by atomic mass is 35.5. The van der Waals surface area contributed by atoms with E-state index in [0.29, 0.717) is 16.3 Å². The number of benzene rings is 1. The molecule has 0 spiro atoms. The highest BCUT2D eigenvalue weighted by Gasteiger charge is 2.18. The molecule has 0 heterocycles. The molecule has 94 valence electrons. The second kappa shape index (κ2) is 5.65. The van der Waals surface area contributed by atoms with Crippen molar-refractivity contribution in [2.24, 2.45) is 4.40 Å². The zero-order valence-electron chi connectivity index (χ0n) is 10.4. The first-order valence-electron chi connectivity index (χ1n) is 5.14. The van der Waals surface area contributed by atoms with E-state index in [0.717, 1.165) is 0 Å². The molecule has 17 heavy (non-hydrogen) atoms. The van der Waals surface area contributed by atoms with Gasteiger partial charge in [0, 0.05) is 16.8 Å². The van der Waals surface area contributed by atoms with Crippen molar-refractivity contribution in [3.63, 3.8) is 0 Å². The maximum absolute atomic E-state index is 11.7. The summed E-state index contributed by atoms with van der Waals surface area (Å²) in [4.78, 5) is 0. The Morgan fingerprint density at radius 3 is 2.59 bits per heavy atom. The third-order valence-electron chi connectivity index (χ3n) is 2.01. The van der Waals surface area contributed by atoms with E-state index in [1.54, 1.807) is 25.3 Å². The molecule has 0 radical (unpaired) electrons. The highest BCUT2D eigenvalue weighted by Crippen LogP contribution is 2.21. The monoisotopic (exact) mass is 273 g/mol. The summed E-state index contributed by atoms with van der Waals surface area (Å²) in [5, 5.41) is 0.556. The van der Waals surface area contributed by atoms with Crippen LogP contribution in [0.4, 0.5) is 0 Å². The van der Waals surface area contributed by atoms with Gasteiger partial charge in [-0.05, 0) is 39.0 Å². The fourth-order valence-corrected chi connectivity index (χ4v) is 1.70. The van der Waals surface area contributed by atoms with Gasteiger partial charge in [-0.2, -0.15) is 4.40 Å². The zero-order valence-corrected chi connectivity index (χ0v) is 11.9. The smallest absolute Gasteiger partial charge is 0.144 e. The number of methoxy groups -OCH3 is 1. The fourth-order valence-electron chi connectivity index (χ4n) is 1.01. The van der Waals surface area contributed by atoms with Crippen molar-refractivity contribution in [2.75, 3.05) is 7.11 Å². The van der Waals surface area contributed by atoms with Crippen LogP contribution in [0.15, 0.2) is 22.6 Å². The summed E-state index contributed by atoms with van der Waals surface area (Å²) in [7, 11) is 0.296. The SMILES string of the molecule is COc1ccc(Cl)c(/C=N/[S@@](=O)C(C)(C)C)c1. The third-order valence-corrected chi connectivity index (χ3v) is 3.70. The minimum absolute atomic E-state index is 0.373. The standard InChI is InChI=1S/C12H16ClNO2S/c1-12(2,3)17(15)14-8-9-7-10(16-4)5-6-11(9)13/h5-8H,1-4H3/b14-8+/t17-/m0/s1. The molecule has 0 saturated carbocycles. The van der Waals surface area contributed by atoms with Crippen molar-refractivity contribution < 1.29 is 8.95 Å². The van der Waals surface area contributed by atoms with Crippen molar-refractivity contribution in [1.82, 2.24) is 0 Å². The summed E-state index contributed by atoms with van der Waals surface area (Å²) in [5.74, 6) is 0.692. The average Bonchev–Trinajstić information content (AvgIpc) is 2.26. The molecule has 0 fully saturated rings. The quantitative estimate of drug-likeness (QED) is 0.793. The number of nitrogens with zero attached hydrogens (tertiary/aromatic N) is 1. The molecule has 0 amide bonds. The maximum Gasteiger partial charge on any atom is 0.144 e. The van der Waals surface area contributed by atoms with Gasteiger partial charge in [-0.3, -0.25) is 0 Å². The molecule has 1 aromatic rings. The topological polar surface area (TPSA) is 38.7 Å². The first kappa shape index (κ1) is 14.2. The Bertz CT molecular complexity index is 452. The van der Waals surface area contributed by atoms with Gasteiger partial charge < -0.3 is 4.74 Å². The van der Waals surface area contributed by atoms with Gasteiger partial charge in [-0.15, -0.1) is 0 Å². The maximum atomic E-state index is 11.7. The van der Waals surface area contributed by atoms with Crippen LogP contribution >= 0.6 is 11.6 Å². The van der Waals surface area contributed by atoms with Crippen LogP contribution in [0.25, 0.3) is 0 Å². The van der Waals surface area contributed by atoms with E-state index in [2.05, 4.69) is 4.40 Å². The van der Waals surface area contributed by atoms with Gasteiger partial charge in [0.2, 0.25) is 0 Å². The Balaban J connectivity index is 2.95. The minimum atomic E-state index is -1.28. The molecular formula is C12H16ClNO2S. The molecule has 0 aliphatic heterocycles. The van der Waals surface area contributed by atoms with Crippen LogP contribution < -0.4 is 4.74 Å². The molecule has 0 aliphatic carbocycles. The largest absolute Gasteiger partial charge is 0.497 e. The Morgan fingerprint density at radius 1 is 1.41 bits per heavy atom. The summed E-state index contributed by atoms with van der Waals surface area (Å²) in [6.45, 7) is 5.61. The van der Waals surface area contributed by atoms with Gasteiger partial charge in [-0.1, -0.05) is 11.6 Å². The molecule has 1 atom stereocenters. The lowest BCUT2D eigenvalue weighted by molar-refractivity contribution is 0.415. The van der Waals surface area contributed by atoms with Crippen molar-refractivity contribution in [3.8, 4) is 5.75 Å². The van der Waals surface area contributed by atoms with E-state index in [4.69, 9.17) is 16.3 Å². The highest BCUT2D eigenvalue weighted by molar-refractivity contribution is 7.85. The third kappa shape index (κ3) is 4.13. The van der Waals surface area contributed by atoms with Gasteiger partial charge in [0.1, 0.15) is 16.7 Å². The van der Waals surface area contributed by atoms with Gasteiger partial charge >= 0.3 is 0 Å². The fraction of sp³-hybridized carbons (Fsp3) is 0.417. The van der Waals surface area contributed by atoms with E-state index in [9.17, 15) is 4.21 Å². The average molecular weight is 274 g/mol. The van der Waals surface area contributed by atoms with E-state index in [-0.39, 0.29) is 4.75 Å². The van der Waals surface area contributed by atoms with Gasteiger partial charge in [0.15, 0.2) is 0 Å². The van der Waals surface area contributed by atoms with Crippen LogP contribution in [0, 0.1) is 0 Å². The second-order valence-corrected chi connectivity index (χ2v) is 6.82. The normalized spacial score (nSPS) is 13.9. The number of rotatable bonds is 3. The van der Waals surface area contributed by atoms with Gasteiger partial charge in [0.25, 0.3) is 0 Å². The van der Waals surface area contributed by atoms with Crippen LogP contribution in [-0.2, 0) is 11.0 Å². The number of hydrogen-bond acceptors (Lipinski definition) is 2. The molecule has 5 heteroatoms. The van der Waals surface area contributed by atoms with Crippen molar-refractivity contribution >= 4 is 28.8 Å². The van der Waals surface area contributed by atoms with Crippen molar-refractivity contribution in [3.05, 3.63) is 28.8 Å². The lowest BCUT2D eigenvalue weighted by Crippen LogP contribution is -2.19. The van der Waals surface area contributed by atoms with Crippen LogP contribution in [0.5, 0.6) is 5.75 Å². The lowest BCUT2D eigenvalue weighted by atomic mass is 10.2. The molecule has 0 saturated heterocycles. The van der Waals surface area contributed by atoms with Gasteiger partial charge in [-0.25, -0.2) is 4.21 Å². The Kier molecular flexibility index (Phi) is 4.71. The summed E-state index contributed by atoms with van der Waals surface area (Å²) in [5.41, 5.74) is 0.698. The van der Waals surface area contributed by atoms with Crippen LogP contribution in [0.3, 0.4) is 0 Å². The molecule has 1 rings (SSSR count). The molecule has 0 aromatic heterocycles. The van der Waals surface area contributed by atoms with E-state index in [1.165, 1.54) is 6.21 Å². The number of ether oxygens (including phenoxy) is 1. The van der Waals surface area contributed by atoms with Crippen LogP contribution in [0.2, 0.25) is 5.02 Å². The summed E-state index contributed by atoms with van der Waals surface area (Å²) < 4.78 is 20.5. The Labute approximate surface area is 109 Å². The predicted octanol–water partition coefficient (Wildman–Crippen LogP) is 3.23. The van der Waals surface area contributed by atoms with Crippen molar-refractivity contribution in [1.29, 1.82) is 0 Å². The van der Waals surface area contributed by atoms with E-state index in [1.807, 2.05) is 20.8 Å². The second-order valence-electron chi connectivity index (χ2n) is 4.48. The molecular weight excluding hydrogens is 258 g/mol. The minimum Gasteiger partial charge on any atom is -0.497 e. The molecule has 0 unspecified atom stereocenters. The Morgan fingerprint density at radius 2 is 2.06 bits per heavy atom. The summed E-state index contributed by atoms with van der Waals surface area (Å²) in [6.07, 6.45) is 1.52. The molecule has 0 N–H and O–H groups in total. The van der Waals surface area contributed by atoms with Gasteiger partial charge in [0.05, 0.1) is 11.9 Å². The summed E-state index contributed by atoms with van der Waals surface area (Å²) >= 11 is 6.01. The molecule has 0 aliphatic rings. The zero-order chi connectivity index (χ0) is 13.1. The lowest BCUT2D eigenvalue weighted by Gasteiger charge is -2.12. The van der Waals surface area contributed by atoms with E-state index < -0.39 is 11.0 Å². The first-order valence-corrected chi connectivity index (χ1v) is 6.62. The molecule has 3 nitrogen and oxygen atoms in total. The van der Waals surface area contributed by atoms with E-state index >= 15 is 0 Å². The van der Waals surface area contributed by atoms with Crippen LogP contribution in [-0.4, -0.2) is 22.3 Å². The van der Waals surface area contributed by atoms with Crippen molar-refractivity contribution in [2.45, 2.75) is 25.5 Å². The molecule has 0 bridgehead atoms. The first-order chi connectivity index (χ1) is 7.84. The summed E-state index contributed by atoms with van der Waals surface area (Å²) in [6, 6.07) is 5.24. The molecule has 1 aromatic carbocycles. The Hall–Kier alpha value is -0.870.